The van der Waals surface area contributed by atoms with Gasteiger partial charge in [-0.3, -0.25) is 4.90 Å². The van der Waals surface area contributed by atoms with Crippen LogP contribution in [0.5, 0.6) is 0 Å². The molecule has 0 bridgehead atoms. The van der Waals surface area contributed by atoms with Gasteiger partial charge in [0.05, 0.1) is 11.5 Å². The fourth-order valence-electron chi connectivity index (χ4n) is 1.09. The van der Waals surface area contributed by atoms with Gasteiger partial charge in [-0.25, -0.2) is 12.8 Å². The molecule has 3 nitrogen and oxygen atoms in total. The molecule has 0 unspecified atom stereocenters. The van der Waals surface area contributed by atoms with Crippen LogP contribution >= 0.6 is 0 Å². The Morgan fingerprint density at radius 2 is 1.82 bits per heavy atom. The van der Waals surface area contributed by atoms with E-state index in [0.717, 1.165) is 0 Å². The van der Waals surface area contributed by atoms with E-state index in [4.69, 9.17) is 0 Å². The first-order chi connectivity index (χ1) is 5.14. The standard InChI is InChI=1S/C6H12FNO2S/c7-1-2-8-3-5-11(9,10)6-4-8/h1-6H2. The van der Waals surface area contributed by atoms with E-state index in [0.29, 0.717) is 19.6 Å². The predicted octanol–water partition coefficient (Wildman–Crippen LogP) is -0.314. The smallest absolute Gasteiger partial charge is 0.152 e. The Labute approximate surface area is 66.1 Å². The quantitative estimate of drug-likeness (QED) is 0.586. The number of rotatable bonds is 2. The molecule has 1 rings (SSSR count). The van der Waals surface area contributed by atoms with Gasteiger partial charge in [-0.05, 0) is 0 Å². The molecule has 66 valence electrons. The van der Waals surface area contributed by atoms with E-state index in [2.05, 4.69) is 0 Å². The summed E-state index contributed by atoms with van der Waals surface area (Å²) in [5.41, 5.74) is 0. The zero-order chi connectivity index (χ0) is 8.32. The molecule has 0 aromatic rings. The summed E-state index contributed by atoms with van der Waals surface area (Å²) in [7, 11) is -2.80. The van der Waals surface area contributed by atoms with E-state index in [-0.39, 0.29) is 18.2 Å². The van der Waals surface area contributed by atoms with Crippen molar-refractivity contribution in [1.29, 1.82) is 0 Å². The van der Waals surface area contributed by atoms with Gasteiger partial charge in [0.1, 0.15) is 6.67 Å². The van der Waals surface area contributed by atoms with Gasteiger partial charge >= 0.3 is 0 Å². The molecular weight excluding hydrogens is 169 g/mol. The van der Waals surface area contributed by atoms with Crippen LogP contribution in [-0.2, 0) is 9.84 Å². The highest BCUT2D eigenvalue weighted by molar-refractivity contribution is 7.91. The highest BCUT2D eigenvalue weighted by Gasteiger charge is 2.20. The molecule has 1 aliphatic heterocycles. The molecule has 5 heteroatoms. The Bertz CT molecular complexity index is 201. The van der Waals surface area contributed by atoms with Crippen LogP contribution in [0.2, 0.25) is 0 Å². The highest BCUT2D eigenvalue weighted by Crippen LogP contribution is 2.02. The van der Waals surface area contributed by atoms with Gasteiger partial charge in [0.25, 0.3) is 0 Å². The first kappa shape index (κ1) is 8.93. The number of hydrogen-bond acceptors (Lipinski definition) is 3. The van der Waals surface area contributed by atoms with E-state index >= 15 is 0 Å². The minimum Gasteiger partial charge on any atom is -0.299 e. The zero-order valence-corrected chi connectivity index (χ0v) is 7.11. The van der Waals surface area contributed by atoms with Gasteiger partial charge in [0, 0.05) is 19.6 Å². The normalized spacial score (nSPS) is 25.2. The summed E-state index contributed by atoms with van der Waals surface area (Å²) < 4.78 is 33.5. The van der Waals surface area contributed by atoms with Crippen molar-refractivity contribution in [1.82, 2.24) is 4.90 Å². The highest BCUT2D eigenvalue weighted by atomic mass is 32.2. The predicted molar refractivity (Wildman–Crippen MR) is 41.1 cm³/mol. The SMILES string of the molecule is O=S1(=O)CCN(CCF)CC1. The van der Waals surface area contributed by atoms with Gasteiger partial charge < -0.3 is 0 Å². The molecule has 1 heterocycles. The molecule has 0 saturated carbocycles. The average molecular weight is 181 g/mol. The Morgan fingerprint density at radius 3 is 2.27 bits per heavy atom. The topological polar surface area (TPSA) is 37.4 Å². The molecule has 1 saturated heterocycles. The molecule has 1 fully saturated rings. The molecule has 0 spiro atoms. The fraction of sp³-hybridized carbons (Fsp3) is 1.00. The van der Waals surface area contributed by atoms with Crippen LogP contribution in [0.25, 0.3) is 0 Å². The summed E-state index contributed by atoms with van der Waals surface area (Å²) in [6.07, 6.45) is 0. The van der Waals surface area contributed by atoms with Crippen molar-refractivity contribution >= 4 is 9.84 Å². The van der Waals surface area contributed by atoms with E-state index in [1.165, 1.54) is 0 Å². The molecule has 0 N–H and O–H groups in total. The molecule has 0 aromatic heterocycles. The Balaban J connectivity index is 2.36. The van der Waals surface area contributed by atoms with Crippen LogP contribution in [0, 0.1) is 0 Å². The maximum Gasteiger partial charge on any atom is 0.152 e. The Hall–Kier alpha value is -0.160. The minimum atomic E-state index is -2.80. The van der Waals surface area contributed by atoms with Crippen molar-refractivity contribution in [3.63, 3.8) is 0 Å². The summed E-state index contributed by atoms with van der Waals surface area (Å²) in [5, 5.41) is 0. The Kier molecular flexibility index (Phi) is 2.84. The van der Waals surface area contributed by atoms with E-state index in [9.17, 15) is 12.8 Å². The van der Waals surface area contributed by atoms with Gasteiger partial charge in [0.15, 0.2) is 9.84 Å². The van der Waals surface area contributed by atoms with E-state index in [1.54, 1.807) is 0 Å². The molecule has 1 aliphatic rings. The maximum absolute atomic E-state index is 11.8. The van der Waals surface area contributed by atoms with Crippen LogP contribution in [0.1, 0.15) is 0 Å². The zero-order valence-electron chi connectivity index (χ0n) is 6.29. The maximum atomic E-state index is 11.8. The molecule has 11 heavy (non-hydrogen) atoms. The molecular formula is C6H12FNO2S. The summed E-state index contributed by atoms with van der Waals surface area (Å²) >= 11 is 0. The first-order valence-electron chi connectivity index (χ1n) is 3.63. The van der Waals surface area contributed by atoms with Crippen LogP contribution in [0.15, 0.2) is 0 Å². The van der Waals surface area contributed by atoms with E-state index in [1.807, 2.05) is 4.90 Å². The second-order valence-corrected chi connectivity index (χ2v) is 4.99. The third-order valence-electron chi connectivity index (χ3n) is 1.84. The van der Waals surface area contributed by atoms with Crippen molar-refractivity contribution in [3.05, 3.63) is 0 Å². The lowest BCUT2D eigenvalue weighted by molar-refractivity contribution is 0.265. The van der Waals surface area contributed by atoms with Crippen molar-refractivity contribution in [3.8, 4) is 0 Å². The summed E-state index contributed by atoms with van der Waals surface area (Å²) in [6.45, 7) is 0.966. The van der Waals surface area contributed by atoms with Gasteiger partial charge in [-0.2, -0.15) is 0 Å². The summed E-state index contributed by atoms with van der Waals surface area (Å²) in [6, 6.07) is 0. The second kappa shape index (κ2) is 3.49. The van der Waals surface area contributed by atoms with Crippen LogP contribution in [-0.4, -0.2) is 51.1 Å². The van der Waals surface area contributed by atoms with Crippen molar-refractivity contribution in [2.75, 3.05) is 37.8 Å². The lowest BCUT2D eigenvalue weighted by Crippen LogP contribution is -2.41. The number of halogens is 1. The molecule has 0 amide bonds. The molecule has 0 aliphatic carbocycles. The number of hydrogen-bond donors (Lipinski definition) is 0. The molecule has 0 aromatic carbocycles. The fourth-order valence-corrected chi connectivity index (χ4v) is 2.37. The minimum absolute atomic E-state index is 0.188. The van der Waals surface area contributed by atoms with Crippen molar-refractivity contribution < 1.29 is 12.8 Å². The van der Waals surface area contributed by atoms with Crippen molar-refractivity contribution in [2.24, 2.45) is 0 Å². The van der Waals surface area contributed by atoms with Crippen molar-refractivity contribution in [2.45, 2.75) is 0 Å². The lowest BCUT2D eigenvalue weighted by atomic mass is 10.5. The first-order valence-corrected chi connectivity index (χ1v) is 5.45. The third-order valence-corrected chi connectivity index (χ3v) is 3.45. The lowest BCUT2D eigenvalue weighted by Gasteiger charge is -2.24. The number of nitrogens with zero attached hydrogens (tertiary/aromatic N) is 1. The molecule has 0 atom stereocenters. The van der Waals surface area contributed by atoms with Crippen LogP contribution in [0.4, 0.5) is 4.39 Å². The Morgan fingerprint density at radius 1 is 1.27 bits per heavy atom. The monoisotopic (exact) mass is 181 g/mol. The third kappa shape index (κ3) is 2.75. The van der Waals surface area contributed by atoms with Gasteiger partial charge in [-0.15, -0.1) is 0 Å². The van der Waals surface area contributed by atoms with Gasteiger partial charge in [0.2, 0.25) is 0 Å². The largest absolute Gasteiger partial charge is 0.299 e. The van der Waals surface area contributed by atoms with Crippen LogP contribution in [0.3, 0.4) is 0 Å². The number of sulfone groups is 1. The average Bonchev–Trinajstić information content (AvgIpc) is 1.94. The summed E-state index contributed by atoms with van der Waals surface area (Å²) in [5.74, 6) is 0.375. The number of alkyl halides is 1. The second-order valence-electron chi connectivity index (χ2n) is 2.68. The van der Waals surface area contributed by atoms with Crippen LogP contribution < -0.4 is 0 Å². The van der Waals surface area contributed by atoms with Gasteiger partial charge in [-0.1, -0.05) is 0 Å². The molecule has 0 radical (unpaired) electrons. The summed E-state index contributed by atoms with van der Waals surface area (Å²) in [4.78, 5) is 1.83. The van der Waals surface area contributed by atoms with E-state index < -0.39 is 9.84 Å².